The van der Waals surface area contributed by atoms with E-state index in [0.717, 1.165) is 0 Å². The van der Waals surface area contributed by atoms with Gasteiger partial charge in [-0.1, -0.05) is 0 Å². The number of hydrogen-bond acceptors (Lipinski definition) is 6. The monoisotopic (exact) mass is 406 g/mol. The molecule has 0 aromatic rings. The summed E-state index contributed by atoms with van der Waals surface area (Å²) >= 11 is 0. The number of hydrogen-bond donors (Lipinski definition) is 6. The van der Waals surface area contributed by atoms with Crippen molar-refractivity contribution in [3.05, 3.63) is 0 Å². The fraction of sp³-hybridized carbons (Fsp3) is 0.750. The summed E-state index contributed by atoms with van der Waals surface area (Å²) in [6, 6.07) is 0. The number of amides is 2. The molecule has 0 aromatic carbocycles. The van der Waals surface area contributed by atoms with Gasteiger partial charge in [0.2, 0.25) is 12.8 Å². The molecule has 0 heterocycles. The summed E-state index contributed by atoms with van der Waals surface area (Å²) in [5.41, 5.74) is 0. The Balaban J connectivity index is -0.000000333. The maximum atomic E-state index is 10.2. The van der Waals surface area contributed by atoms with E-state index >= 15 is 0 Å². The maximum Gasteiger partial charge on any atom is 0.325 e. The van der Waals surface area contributed by atoms with Crippen molar-refractivity contribution in [1.29, 1.82) is 0 Å². The minimum atomic E-state index is -3.99. The second kappa shape index (κ2) is 14.7. The topological polar surface area (TPSA) is 196 Å². The molecule has 0 unspecified atom stereocenters. The molecule has 6 N–H and O–H groups in total. The summed E-state index contributed by atoms with van der Waals surface area (Å²) in [5.74, 6) is 0. The van der Waals surface area contributed by atoms with Gasteiger partial charge in [-0.2, -0.15) is 0 Å². The van der Waals surface area contributed by atoms with Crippen molar-refractivity contribution in [1.82, 2.24) is 10.1 Å². The van der Waals surface area contributed by atoms with E-state index in [1.807, 2.05) is 0 Å². The van der Waals surface area contributed by atoms with Crippen molar-refractivity contribution in [2.75, 3.05) is 25.4 Å². The van der Waals surface area contributed by atoms with Crippen LogP contribution in [0.1, 0.15) is 12.8 Å². The van der Waals surface area contributed by atoms with Crippen LogP contribution in [0.3, 0.4) is 0 Å². The average Bonchev–Trinajstić information content (AvgIpc) is 2.36. The molecule has 0 aliphatic heterocycles. The molecule has 0 spiro atoms. The van der Waals surface area contributed by atoms with Crippen LogP contribution in [0.2, 0.25) is 0 Å². The van der Waals surface area contributed by atoms with Gasteiger partial charge in [-0.3, -0.25) is 29.1 Å². The van der Waals surface area contributed by atoms with Gasteiger partial charge in [0, 0.05) is 50.8 Å². The van der Waals surface area contributed by atoms with Crippen molar-refractivity contribution in [2.45, 2.75) is 12.8 Å². The second-order valence-electron chi connectivity index (χ2n) is 4.02. The van der Waals surface area contributed by atoms with Gasteiger partial charge >= 0.3 is 15.2 Å². The van der Waals surface area contributed by atoms with Crippen LogP contribution in [0.15, 0.2) is 0 Å². The zero-order valence-corrected chi connectivity index (χ0v) is 16.2. The van der Waals surface area contributed by atoms with Crippen LogP contribution < -0.4 is 0 Å². The predicted octanol–water partition coefficient (Wildman–Crippen LogP) is -1.58. The van der Waals surface area contributed by atoms with Crippen molar-refractivity contribution in [3.63, 3.8) is 0 Å². The Morgan fingerprint density at radius 3 is 1.17 bits per heavy atom. The van der Waals surface area contributed by atoms with E-state index in [1.54, 1.807) is 0 Å². The van der Waals surface area contributed by atoms with Crippen molar-refractivity contribution >= 4 is 65.7 Å². The summed E-state index contributed by atoms with van der Waals surface area (Å²) in [6.07, 6.45) is -0.117. The van der Waals surface area contributed by atoms with Crippen LogP contribution in [0.25, 0.3) is 0 Å². The fourth-order valence-electron chi connectivity index (χ4n) is 0.983. The van der Waals surface area contributed by atoms with Gasteiger partial charge in [0.15, 0.2) is 0 Å². The molecular weight excluding hydrogens is 386 g/mol. The Hall–Kier alpha value is 0.420. The normalized spacial score (nSPS) is 10.7. The molecule has 15 heteroatoms. The predicted molar refractivity (Wildman–Crippen MR) is 77.9 cm³/mol. The number of carbonyl (C=O) groups is 2. The number of nitrogens with zero attached hydrogens (tertiary/aromatic N) is 2. The standard InChI is InChI=1S/2C4H10NO5P.Ca/c2*6-4-5(7)2-1-3-11(8,9)10;/h2*4,7H,1-3H2,(H2,8,9,10);. The molecule has 0 aromatic heterocycles. The van der Waals surface area contributed by atoms with E-state index in [9.17, 15) is 18.7 Å². The Morgan fingerprint density at radius 1 is 0.739 bits per heavy atom. The van der Waals surface area contributed by atoms with E-state index in [-0.39, 0.29) is 88.8 Å². The second-order valence-corrected chi connectivity index (χ2v) is 7.57. The number of rotatable bonds is 10. The maximum absolute atomic E-state index is 10.2. The molecule has 0 atom stereocenters. The molecule has 0 fully saturated rings. The summed E-state index contributed by atoms with van der Waals surface area (Å²) in [7, 11) is -7.97. The molecule has 12 nitrogen and oxygen atoms in total. The van der Waals surface area contributed by atoms with E-state index in [4.69, 9.17) is 30.0 Å². The fourth-order valence-corrected chi connectivity index (χ4v) is 2.09. The van der Waals surface area contributed by atoms with E-state index < -0.39 is 15.2 Å². The van der Waals surface area contributed by atoms with Crippen molar-refractivity contribution < 1.29 is 48.7 Å². The minimum absolute atomic E-state index is 0. The van der Waals surface area contributed by atoms with Gasteiger partial charge in [0.1, 0.15) is 0 Å². The number of hydroxylamine groups is 4. The molecule has 0 saturated carbocycles. The van der Waals surface area contributed by atoms with Crippen molar-refractivity contribution in [3.8, 4) is 0 Å². The van der Waals surface area contributed by atoms with Gasteiger partial charge in [0.05, 0.1) is 12.3 Å². The zero-order valence-electron chi connectivity index (χ0n) is 12.2. The first kappa shape index (κ1) is 28.2. The first-order valence-electron chi connectivity index (χ1n) is 5.82. The Labute approximate surface area is 162 Å². The molecule has 0 aliphatic rings. The van der Waals surface area contributed by atoms with Crippen LogP contribution in [-0.4, -0.2) is 116 Å². The molecule has 23 heavy (non-hydrogen) atoms. The van der Waals surface area contributed by atoms with Crippen LogP contribution >= 0.6 is 15.2 Å². The van der Waals surface area contributed by atoms with Crippen LogP contribution in [0, 0.1) is 0 Å². The Bertz CT molecular complexity index is 376. The van der Waals surface area contributed by atoms with Gasteiger partial charge in [-0.05, 0) is 12.8 Å². The summed E-state index contributed by atoms with van der Waals surface area (Å²) in [5, 5.41) is 17.6. The molecule has 0 aliphatic carbocycles. The molecule has 0 rings (SSSR count). The Morgan fingerprint density at radius 2 is 1.00 bits per heavy atom. The van der Waals surface area contributed by atoms with E-state index in [1.165, 1.54) is 0 Å². The first-order chi connectivity index (χ1) is 9.91. The molecule has 134 valence electrons. The van der Waals surface area contributed by atoms with Crippen molar-refractivity contribution in [2.24, 2.45) is 0 Å². The van der Waals surface area contributed by atoms with Crippen LogP contribution in [-0.2, 0) is 18.7 Å². The van der Waals surface area contributed by atoms with Gasteiger partial charge < -0.3 is 19.6 Å². The summed E-state index contributed by atoms with van der Waals surface area (Å²) in [6.45, 7) is -0.122. The third-order valence-electron chi connectivity index (χ3n) is 1.92. The molecule has 0 bridgehead atoms. The van der Waals surface area contributed by atoms with E-state index in [0.29, 0.717) is 10.1 Å². The number of carbonyl (C=O) groups excluding carboxylic acids is 2. The minimum Gasteiger partial charge on any atom is -0.324 e. The van der Waals surface area contributed by atoms with Crippen LogP contribution in [0.5, 0.6) is 0 Å². The summed E-state index contributed by atoms with van der Waals surface area (Å²) < 4.78 is 20.4. The first-order valence-corrected chi connectivity index (χ1v) is 9.41. The molecule has 2 amide bonds. The summed E-state index contributed by atoms with van der Waals surface area (Å²) in [4.78, 5) is 52.8. The SMILES string of the molecule is O=CN(O)CCCP(=O)(O)O.O=CN(O)CCCP(=O)(O)O.[Ca]. The average molecular weight is 406 g/mol. The zero-order chi connectivity index (χ0) is 17.8. The molecule has 0 saturated heterocycles. The smallest absolute Gasteiger partial charge is 0.324 e. The van der Waals surface area contributed by atoms with Crippen LogP contribution in [0.4, 0.5) is 0 Å². The largest absolute Gasteiger partial charge is 0.325 e. The Kier molecular flexibility index (Phi) is 18.1. The van der Waals surface area contributed by atoms with Gasteiger partial charge in [-0.15, -0.1) is 0 Å². The van der Waals surface area contributed by atoms with Gasteiger partial charge in [-0.25, -0.2) is 10.1 Å². The molecule has 2 radical (unpaired) electrons. The molecular formula is C8H20CaN2O10P2. The van der Waals surface area contributed by atoms with E-state index in [2.05, 4.69) is 0 Å². The van der Waals surface area contributed by atoms with Gasteiger partial charge in [0.25, 0.3) is 0 Å². The quantitative estimate of drug-likeness (QED) is 0.0810. The third-order valence-corrected chi connectivity index (χ3v) is 3.71. The third kappa shape index (κ3) is 27.6.